The Morgan fingerprint density at radius 2 is 1.54 bits per heavy atom. The number of hydrogen-bond acceptors (Lipinski definition) is 3. The molecule has 0 saturated carbocycles. The molecule has 0 spiro atoms. The Kier molecular flexibility index (Phi) is 2.54. The summed E-state index contributed by atoms with van der Waals surface area (Å²) in [5, 5.41) is 1.35. The quantitative estimate of drug-likeness (QED) is 0.632. The zero-order chi connectivity index (χ0) is 9.26. The van der Waals surface area contributed by atoms with Crippen LogP contribution in [0, 0.1) is 0 Å². The predicted molar refractivity (Wildman–Crippen MR) is 56.0 cm³/mol. The lowest BCUT2D eigenvalue weighted by atomic mass is 10.1. The van der Waals surface area contributed by atoms with Crippen LogP contribution in [0.2, 0.25) is 0 Å². The van der Waals surface area contributed by atoms with E-state index in [1.165, 1.54) is 11.4 Å². The molecule has 1 aliphatic heterocycles. The summed E-state index contributed by atoms with van der Waals surface area (Å²) in [4.78, 5) is 8.78. The summed E-state index contributed by atoms with van der Waals surface area (Å²) in [6, 6.07) is 0. The largest absolute Gasteiger partial charge is 0.258 e. The van der Waals surface area contributed by atoms with Gasteiger partial charge < -0.3 is 0 Å². The van der Waals surface area contributed by atoms with Crippen molar-refractivity contribution in [3.63, 3.8) is 0 Å². The second kappa shape index (κ2) is 3.66. The first-order valence-electron chi connectivity index (χ1n) is 4.70. The summed E-state index contributed by atoms with van der Waals surface area (Å²) in [7, 11) is 0. The van der Waals surface area contributed by atoms with E-state index in [-0.39, 0.29) is 0 Å². The monoisotopic (exact) mass is 194 g/mol. The van der Waals surface area contributed by atoms with Gasteiger partial charge in [-0.15, -0.1) is 0 Å². The number of hydrogen-bond donors (Lipinski definition) is 0. The first kappa shape index (κ1) is 9.00. The molecule has 0 aliphatic carbocycles. The maximum Gasteiger partial charge on any atom is 0.0630 e. The molecule has 2 nitrogen and oxygen atoms in total. The number of fused-ring (bicyclic) bond motifs is 1. The molecule has 0 amide bonds. The average molecular weight is 194 g/mol. The smallest absolute Gasteiger partial charge is 0.0630 e. The molecule has 2 atom stereocenters. The minimum atomic E-state index is 0.674. The van der Waals surface area contributed by atoms with Crippen molar-refractivity contribution in [3.05, 3.63) is 23.8 Å². The number of aromatic nitrogens is 2. The topological polar surface area (TPSA) is 25.8 Å². The van der Waals surface area contributed by atoms with Crippen LogP contribution >= 0.6 is 11.8 Å². The molecule has 1 aliphatic rings. The first-order valence-corrected chi connectivity index (χ1v) is 5.64. The molecule has 0 saturated heterocycles. The van der Waals surface area contributed by atoms with E-state index in [0.717, 1.165) is 12.8 Å². The molecule has 2 unspecified atom stereocenters. The Bertz CT molecular complexity index is 272. The summed E-state index contributed by atoms with van der Waals surface area (Å²) >= 11 is 2.04. The third-order valence-electron chi connectivity index (χ3n) is 2.29. The highest BCUT2D eigenvalue weighted by atomic mass is 32.2. The Labute approximate surface area is 83.2 Å². The molecule has 70 valence electrons. The van der Waals surface area contributed by atoms with Gasteiger partial charge in [0.2, 0.25) is 0 Å². The van der Waals surface area contributed by atoms with Crippen LogP contribution in [0.15, 0.2) is 12.4 Å². The van der Waals surface area contributed by atoms with E-state index >= 15 is 0 Å². The highest BCUT2D eigenvalue weighted by Gasteiger charge is 2.19. The summed E-state index contributed by atoms with van der Waals surface area (Å²) in [6.45, 7) is 4.54. The van der Waals surface area contributed by atoms with Gasteiger partial charge in [0.15, 0.2) is 0 Å². The van der Waals surface area contributed by atoms with Gasteiger partial charge in [-0.05, 0) is 0 Å². The Balaban J connectivity index is 2.32. The van der Waals surface area contributed by atoms with Crippen molar-refractivity contribution in [2.45, 2.75) is 37.2 Å². The summed E-state index contributed by atoms with van der Waals surface area (Å²) in [5.74, 6) is 0. The van der Waals surface area contributed by atoms with E-state index in [1.807, 2.05) is 11.8 Å². The fourth-order valence-electron chi connectivity index (χ4n) is 1.77. The van der Waals surface area contributed by atoms with Gasteiger partial charge in [0, 0.05) is 35.7 Å². The van der Waals surface area contributed by atoms with E-state index in [9.17, 15) is 0 Å². The number of nitrogens with zero attached hydrogens (tertiary/aromatic N) is 2. The van der Waals surface area contributed by atoms with Crippen LogP contribution in [0.5, 0.6) is 0 Å². The van der Waals surface area contributed by atoms with E-state index in [0.29, 0.717) is 10.5 Å². The molecule has 0 bridgehead atoms. The van der Waals surface area contributed by atoms with Crippen LogP contribution in [0.4, 0.5) is 0 Å². The molecule has 13 heavy (non-hydrogen) atoms. The molecule has 0 radical (unpaired) electrons. The van der Waals surface area contributed by atoms with Gasteiger partial charge in [0.1, 0.15) is 0 Å². The summed E-state index contributed by atoms with van der Waals surface area (Å²) in [6.07, 6.45) is 5.73. The molecular weight excluding hydrogens is 180 g/mol. The van der Waals surface area contributed by atoms with Gasteiger partial charge in [-0.3, -0.25) is 9.97 Å². The SMILES string of the molecule is CC1Cc2nccnc2CC(C)S1. The van der Waals surface area contributed by atoms with E-state index < -0.39 is 0 Å². The standard InChI is InChI=1S/C10H14N2S/c1-7-5-9-10(6-8(2)13-7)12-4-3-11-9/h3-4,7-8H,5-6H2,1-2H3. The Morgan fingerprint density at radius 1 is 1.08 bits per heavy atom. The molecule has 0 N–H and O–H groups in total. The second-order valence-electron chi connectivity index (χ2n) is 3.62. The maximum atomic E-state index is 4.39. The maximum absolute atomic E-state index is 4.39. The van der Waals surface area contributed by atoms with Crippen LogP contribution in [-0.2, 0) is 12.8 Å². The number of rotatable bonds is 0. The fourth-order valence-corrected chi connectivity index (χ4v) is 3.08. The minimum Gasteiger partial charge on any atom is -0.258 e. The van der Waals surface area contributed by atoms with Crippen LogP contribution in [0.3, 0.4) is 0 Å². The van der Waals surface area contributed by atoms with Crippen molar-refractivity contribution in [1.29, 1.82) is 0 Å². The zero-order valence-corrected chi connectivity index (χ0v) is 8.84. The molecule has 0 aromatic carbocycles. The molecule has 1 aromatic rings. The van der Waals surface area contributed by atoms with Crippen LogP contribution in [0.1, 0.15) is 25.2 Å². The Morgan fingerprint density at radius 3 is 2.00 bits per heavy atom. The molecule has 3 heteroatoms. The molecular formula is C10H14N2S. The van der Waals surface area contributed by atoms with E-state index in [4.69, 9.17) is 0 Å². The van der Waals surface area contributed by atoms with Crippen molar-refractivity contribution < 1.29 is 0 Å². The first-order chi connectivity index (χ1) is 6.25. The lowest BCUT2D eigenvalue weighted by molar-refractivity contribution is 0.845. The van der Waals surface area contributed by atoms with Gasteiger partial charge in [-0.25, -0.2) is 0 Å². The van der Waals surface area contributed by atoms with Crippen molar-refractivity contribution in [2.75, 3.05) is 0 Å². The van der Waals surface area contributed by atoms with Gasteiger partial charge in [0.25, 0.3) is 0 Å². The van der Waals surface area contributed by atoms with Crippen molar-refractivity contribution in [1.82, 2.24) is 9.97 Å². The van der Waals surface area contributed by atoms with Gasteiger partial charge in [0.05, 0.1) is 11.4 Å². The second-order valence-corrected chi connectivity index (χ2v) is 5.50. The number of thioether (sulfide) groups is 1. The van der Waals surface area contributed by atoms with E-state index in [1.54, 1.807) is 12.4 Å². The Hall–Kier alpha value is -0.570. The lowest BCUT2D eigenvalue weighted by Gasteiger charge is -2.10. The third-order valence-corrected chi connectivity index (χ3v) is 3.55. The highest BCUT2D eigenvalue weighted by molar-refractivity contribution is 8.00. The molecule has 0 fully saturated rings. The fraction of sp³-hybridized carbons (Fsp3) is 0.600. The van der Waals surface area contributed by atoms with Crippen molar-refractivity contribution in [2.24, 2.45) is 0 Å². The van der Waals surface area contributed by atoms with Gasteiger partial charge in [-0.1, -0.05) is 13.8 Å². The predicted octanol–water partition coefficient (Wildman–Crippen LogP) is 2.09. The average Bonchev–Trinajstić information content (AvgIpc) is 2.20. The third kappa shape index (κ3) is 2.02. The normalized spacial score (nSPS) is 27.8. The van der Waals surface area contributed by atoms with Crippen molar-refractivity contribution in [3.8, 4) is 0 Å². The minimum absolute atomic E-state index is 0.674. The van der Waals surface area contributed by atoms with Crippen LogP contribution in [0.25, 0.3) is 0 Å². The molecule has 2 rings (SSSR count). The zero-order valence-electron chi connectivity index (χ0n) is 8.03. The highest BCUT2D eigenvalue weighted by Crippen LogP contribution is 2.27. The van der Waals surface area contributed by atoms with E-state index in [2.05, 4.69) is 23.8 Å². The summed E-state index contributed by atoms with van der Waals surface area (Å²) < 4.78 is 0. The van der Waals surface area contributed by atoms with Gasteiger partial charge in [-0.2, -0.15) is 11.8 Å². The van der Waals surface area contributed by atoms with Gasteiger partial charge >= 0.3 is 0 Å². The van der Waals surface area contributed by atoms with Crippen LogP contribution in [-0.4, -0.2) is 20.5 Å². The lowest BCUT2D eigenvalue weighted by Crippen LogP contribution is -2.04. The molecule has 2 heterocycles. The summed E-state index contributed by atoms with van der Waals surface area (Å²) in [5.41, 5.74) is 2.40. The van der Waals surface area contributed by atoms with Crippen molar-refractivity contribution >= 4 is 11.8 Å². The van der Waals surface area contributed by atoms with Crippen LogP contribution < -0.4 is 0 Å². The molecule has 1 aromatic heterocycles.